The third-order valence-corrected chi connectivity index (χ3v) is 4.26. The molecular weight excluding hydrogens is 368 g/mol. The van der Waals surface area contributed by atoms with Crippen LogP contribution in [0.25, 0.3) is 0 Å². The fourth-order valence-corrected chi connectivity index (χ4v) is 2.65. The number of ether oxygens (including phenoxy) is 1. The molecule has 2 aromatic rings. The zero-order valence-electron chi connectivity index (χ0n) is 15.3. The van der Waals surface area contributed by atoms with Gasteiger partial charge in [0.25, 0.3) is 5.91 Å². The molecule has 7 heteroatoms. The molecule has 1 unspecified atom stereocenters. The first kappa shape index (κ1) is 20.5. The van der Waals surface area contributed by atoms with Crippen LogP contribution in [-0.2, 0) is 9.53 Å². The van der Waals surface area contributed by atoms with Gasteiger partial charge in [-0.05, 0) is 42.3 Å². The van der Waals surface area contributed by atoms with Gasteiger partial charge >= 0.3 is 5.97 Å². The number of esters is 1. The predicted octanol–water partition coefficient (Wildman–Crippen LogP) is 3.52. The molecule has 0 bridgehead atoms. The van der Waals surface area contributed by atoms with Crippen molar-refractivity contribution >= 4 is 35.1 Å². The number of carbonyl (C=O) groups is 3. The average Bonchev–Trinajstić information content (AvgIpc) is 2.65. The number of carbonyl (C=O) groups excluding carboxylic acids is 3. The molecule has 2 aromatic carbocycles. The summed E-state index contributed by atoms with van der Waals surface area (Å²) in [4.78, 5) is 36.6. The Hall–Kier alpha value is -2.86. The molecule has 0 fully saturated rings. The summed E-state index contributed by atoms with van der Waals surface area (Å²) < 4.78 is 4.64. The summed E-state index contributed by atoms with van der Waals surface area (Å²) in [6.07, 6.45) is 0. The van der Waals surface area contributed by atoms with Crippen LogP contribution in [0, 0.1) is 5.92 Å². The van der Waals surface area contributed by atoms with Crippen molar-refractivity contribution in [2.45, 2.75) is 19.9 Å². The van der Waals surface area contributed by atoms with E-state index in [0.717, 1.165) is 0 Å². The Labute approximate surface area is 162 Å². The number of benzene rings is 2. The molecule has 2 amide bonds. The van der Waals surface area contributed by atoms with Gasteiger partial charge in [0.1, 0.15) is 6.04 Å². The number of anilines is 1. The van der Waals surface area contributed by atoms with Crippen LogP contribution >= 0.6 is 11.6 Å². The molecule has 0 aliphatic heterocycles. The number of hydrogen-bond donors (Lipinski definition) is 2. The Balaban J connectivity index is 2.10. The van der Waals surface area contributed by atoms with Gasteiger partial charge in [-0.25, -0.2) is 4.79 Å². The summed E-state index contributed by atoms with van der Waals surface area (Å²) in [5.41, 5.74) is 1.19. The molecule has 0 saturated carbocycles. The summed E-state index contributed by atoms with van der Waals surface area (Å²) in [7, 11) is 1.30. The van der Waals surface area contributed by atoms with E-state index in [0.29, 0.717) is 21.8 Å². The van der Waals surface area contributed by atoms with Crippen molar-refractivity contribution in [3.63, 3.8) is 0 Å². The lowest BCUT2D eigenvalue weighted by Crippen LogP contribution is -2.47. The molecule has 0 heterocycles. The third kappa shape index (κ3) is 5.31. The quantitative estimate of drug-likeness (QED) is 0.741. The van der Waals surface area contributed by atoms with E-state index < -0.39 is 17.9 Å². The molecule has 27 heavy (non-hydrogen) atoms. The van der Waals surface area contributed by atoms with Gasteiger partial charge in [-0.15, -0.1) is 0 Å². The van der Waals surface area contributed by atoms with Gasteiger partial charge in [-0.2, -0.15) is 0 Å². The first-order chi connectivity index (χ1) is 12.8. The predicted molar refractivity (Wildman–Crippen MR) is 104 cm³/mol. The van der Waals surface area contributed by atoms with Gasteiger partial charge in [0.05, 0.1) is 23.3 Å². The summed E-state index contributed by atoms with van der Waals surface area (Å²) in [6, 6.07) is 12.2. The maximum absolute atomic E-state index is 12.6. The Morgan fingerprint density at radius 3 is 2.19 bits per heavy atom. The summed E-state index contributed by atoms with van der Waals surface area (Å²) in [5.74, 6) is -1.39. The highest BCUT2D eigenvalue weighted by Gasteiger charge is 2.25. The van der Waals surface area contributed by atoms with Crippen LogP contribution in [0.2, 0.25) is 5.02 Å². The molecule has 0 spiro atoms. The van der Waals surface area contributed by atoms with Gasteiger partial charge in [0.2, 0.25) is 5.91 Å². The normalized spacial score (nSPS) is 11.6. The van der Waals surface area contributed by atoms with E-state index in [2.05, 4.69) is 15.4 Å². The minimum atomic E-state index is -0.756. The standard InChI is InChI=1S/C20H21ClN2O4/c1-12(2)17(23-18(24)15-6-4-5-7-16(15)21)19(25)22-14-10-8-13(9-11-14)20(26)27-3/h4-12,17H,1-3H3,(H,22,25)(H,23,24). The fraction of sp³-hybridized carbons (Fsp3) is 0.250. The highest BCUT2D eigenvalue weighted by Crippen LogP contribution is 2.16. The van der Waals surface area contributed by atoms with Crippen molar-refractivity contribution in [3.8, 4) is 0 Å². The molecule has 0 aromatic heterocycles. The van der Waals surface area contributed by atoms with E-state index in [1.165, 1.54) is 7.11 Å². The maximum atomic E-state index is 12.6. The van der Waals surface area contributed by atoms with E-state index in [1.54, 1.807) is 48.5 Å². The molecule has 142 valence electrons. The zero-order valence-corrected chi connectivity index (χ0v) is 16.0. The fourth-order valence-electron chi connectivity index (χ4n) is 2.43. The third-order valence-electron chi connectivity index (χ3n) is 3.93. The second kappa shape index (κ2) is 9.19. The summed E-state index contributed by atoms with van der Waals surface area (Å²) >= 11 is 6.04. The Bertz CT molecular complexity index is 834. The molecule has 0 aliphatic rings. The van der Waals surface area contributed by atoms with E-state index in [-0.39, 0.29) is 11.8 Å². The van der Waals surface area contributed by atoms with Gasteiger partial charge in [-0.1, -0.05) is 37.6 Å². The summed E-state index contributed by atoms with van der Waals surface area (Å²) in [6.45, 7) is 3.66. The highest BCUT2D eigenvalue weighted by molar-refractivity contribution is 6.33. The molecule has 2 N–H and O–H groups in total. The van der Waals surface area contributed by atoms with Gasteiger partial charge in [0, 0.05) is 5.69 Å². The SMILES string of the molecule is COC(=O)c1ccc(NC(=O)C(NC(=O)c2ccccc2Cl)C(C)C)cc1. The van der Waals surface area contributed by atoms with E-state index in [1.807, 2.05) is 13.8 Å². The van der Waals surface area contributed by atoms with Crippen molar-refractivity contribution in [1.29, 1.82) is 0 Å². The van der Waals surface area contributed by atoms with Crippen molar-refractivity contribution in [1.82, 2.24) is 5.32 Å². The first-order valence-electron chi connectivity index (χ1n) is 8.38. The smallest absolute Gasteiger partial charge is 0.337 e. The largest absolute Gasteiger partial charge is 0.465 e. The lowest BCUT2D eigenvalue weighted by Gasteiger charge is -2.22. The average molecular weight is 389 g/mol. The van der Waals surface area contributed by atoms with Gasteiger partial charge in [0.15, 0.2) is 0 Å². The van der Waals surface area contributed by atoms with Crippen molar-refractivity contribution < 1.29 is 19.1 Å². The van der Waals surface area contributed by atoms with Crippen LogP contribution < -0.4 is 10.6 Å². The van der Waals surface area contributed by atoms with E-state index in [9.17, 15) is 14.4 Å². The van der Waals surface area contributed by atoms with Gasteiger partial charge in [-0.3, -0.25) is 9.59 Å². The molecule has 1 atom stereocenters. The molecule has 2 rings (SSSR count). The topological polar surface area (TPSA) is 84.5 Å². The lowest BCUT2D eigenvalue weighted by atomic mass is 10.0. The monoisotopic (exact) mass is 388 g/mol. The number of nitrogens with one attached hydrogen (secondary N) is 2. The number of halogens is 1. The Morgan fingerprint density at radius 2 is 1.63 bits per heavy atom. The highest BCUT2D eigenvalue weighted by atomic mass is 35.5. The summed E-state index contributed by atoms with van der Waals surface area (Å²) in [5, 5.41) is 5.78. The maximum Gasteiger partial charge on any atom is 0.337 e. The molecular formula is C20H21ClN2O4. The number of methoxy groups -OCH3 is 1. The first-order valence-corrected chi connectivity index (χ1v) is 8.76. The Morgan fingerprint density at radius 1 is 1.00 bits per heavy atom. The zero-order chi connectivity index (χ0) is 20.0. The van der Waals surface area contributed by atoms with Crippen LogP contribution in [0.1, 0.15) is 34.6 Å². The van der Waals surface area contributed by atoms with Crippen LogP contribution in [0.4, 0.5) is 5.69 Å². The second-order valence-electron chi connectivity index (χ2n) is 6.23. The lowest BCUT2D eigenvalue weighted by molar-refractivity contribution is -0.118. The van der Waals surface area contributed by atoms with Crippen molar-refractivity contribution in [2.75, 3.05) is 12.4 Å². The van der Waals surface area contributed by atoms with Crippen LogP contribution in [0.15, 0.2) is 48.5 Å². The minimum absolute atomic E-state index is 0.147. The van der Waals surface area contributed by atoms with Crippen LogP contribution in [0.3, 0.4) is 0 Å². The van der Waals surface area contributed by atoms with Crippen molar-refractivity contribution in [2.24, 2.45) is 5.92 Å². The minimum Gasteiger partial charge on any atom is -0.465 e. The van der Waals surface area contributed by atoms with Gasteiger partial charge < -0.3 is 15.4 Å². The van der Waals surface area contributed by atoms with E-state index >= 15 is 0 Å². The van der Waals surface area contributed by atoms with Crippen LogP contribution in [-0.4, -0.2) is 30.9 Å². The number of amides is 2. The number of rotatable bonds is 6. The number of hydrogen-bond acceptors (Lipinski definition) is 4. The molecule has 0 radical (unpaired) electrons. The second-order valence-corrected chi connectivity index (χ2v) is 6.64. The molecule has 0 aliphatic carbocycles. The van der Waals surface area contributed by atoms with Crippen LogP contribution in [0.5, 0.6) is 0 Å². The Kier molecular flexibility index (Phi) is 6.96. The molecule has 6 nitrogen and oxygen atoms in total. The van der Waals surface area contributed by atoms with E-state index in [4.69, 9.17) is 11.6 Å². The molecule has 0 saturated heterocycles. The van der Waals surface area contributed by atoms with Crippen molar-refractivity contribution in [3.05, 3.63) is 64.7 Å².